The Morgan fingerprint density at radius 1 is 1.15 bits per heavy atom. The highest BCUT2D eigenvalue weighted by molar-refractivity contribution is 9.10. The van der Waals surface area contributed by atoms with Crippen LogP contribution in [-0.2, 0) is 0 Å². The SMILES string of the molecule is C[C@H](Nc1ncnc(N)c1Br)c1nn2cccc2c(=O)n1-c1ccccc1. The van der Waals surface area contributed by atoms with E-state index in [9.17, 15) is 4.79 Å². The maximum Gasteiger partial charge on any atom is 0.282 e. The Labute approximate surface area is 162 Å². The van der Waals surface area contributed by atoms with E-state index in [1.165, 1.54) is 6.33 Å². The van der Waals surface area contributed by atoms with E-state index >= 15 is 0 Å². The minimum atomic E-state index is -0.338. The van der Waals surface area contributed by atoms with Crippen molar-refractivity contribution < 1.29 is 0 Å². The number of anilines is 2. The number of nitrogens with zero attached hydrogens (tertiary/aromatic N) is 5. The largest absolute Gasteiger partial charge is 0.383 e. The van der Waals surface area contributed by atoms with Crippen molar-refractivity contribution in [2.45, 2.75) is 13.0 Å². The van der Waals surface area contributed by atoms with Crippen molar-refractivity contribution in [2.75, 3.05) is 11.1 Å². The highest BCUT2D eigenvalue weighted by atomic mass is 79.9. The molecule has 0 spiro atoms. The fourth-order valence-corrected chi connectivity index (χ4v) is 3.18. The van der Waals surface area contributed by atoms with Gasteiger partial charge in [0, 0.05) is 6.20 Å². The van der Waals surface area contributed by atoms with Gasteiger partial charge in [0.05, 0.1) is 11.7 Å². The van der Waals surface area contributed by atoms with Gasteiger partial charge in [-0.05, 0) is 47.1 Å². The molecule has 1 aromatic carbocycles. The van der Waals surface area contributed by atoms with Gasteiger partial charge in [0.25, 0.3) is 5.56 Å². The van der Waals surface area contributed by atoms with Crippen molar-refractivity contribution in [3.05, 3.63) is 75.6 Å². The highest BCUT2D eigenvalue weighted by Crippen LogP contribution is 2.27. The summed E-state index contributed by atoms with van der Waals surface area (Å²) in [5, 5.41) is 7.90. The zero-order valence-corrected chi connectivity index (χ0v) is 16.0. The van der Waals surface area contributed by atoms with E-state index in [1.54, 1.807) is 27.4 Å². The van der Waals surface area contributed by atoms with Crippen LogP contribution < -0.4 is 16.6 Å². The van der Waals surface area contributed by atoms with Gasteiger partial charge >= 0.3 is 0 Å². The van der Waals surface area contributed by atoms with Crippen molar-refractivity contribution in [2.24, 2.45) is 0 Å². The third-order valence-electron chi connectivity index (χ3n) is 4.16. The Bertz CT molecular complexity index is 1170. The quantitative estimate of drug-likeness (QED) is 0.520. The maximum absolute atomic E-state index is 13.1. The van der Waals surface area contributed by atoms with Gasteiger partial charge in [-0.15, -0.1) is 0 Å². The summed E-state index contributed by atoms with van der Waals surface area (Å²) in [4.78, 5) is 21.3. The molecule has 4 aromatic rings. The Morgan fingerprint density at radius 3 is 2.70 bits per heavy atom. The van der Waals surface area contributed by atoms with Crippen LogP contribution in [0.15, 0.2) is 64.3 Å². The lowest BCUT2D eigenvalue weighted by Crippen LogP contribution is -2.29. The van der Waals surface area contributed by atoms with Gasteiger partial charge in [-0.25, -0.2) is 14.5 Å². The summed E-state index contributed by atoms with van der Waals surface area (Å²) in [5.41, 5.74) is 6.92. The summed E-state index contributed by atoms with van der Waals surface area (Å²) >= 11 is 3.39. The van der Waals surface area contributed by atoms with E-state index in [2.05, 4.69) is 36.3 Å². The fraction of sp³-hybridized carbons (Fsp3) is 0.111. The molecule has 0 saturated carbocycles. The average Bonchev–Trinajstić information content (AvgIpc) is 3.15. The molecule has 0 aliphatic heterocycles. The number of halogens is 1. The first-order chi connectivity index (χ1) is 13.1. The zero-order valence-electron chi connectivity index (χ0n) is 14.4. The summed E-state index contributed by atoms with van der Waals surface area (Å²) in [6, 6.07) is 12.6. The van der Waals surface area contributed by atoms with E-state index in [0.717, 1.165) is 5.69 Å². The Morgan fingerprint density at radius 2 is 1.93 bits per heavy atom. The van der Waals surface area contributed by atoms with Crippen molar-refractivity contribution in [3.63, 3.8) is 0 Å². The second-order valence-corrected chi connectivity index (χ2v) is 6.75. The monoisotopic (exact) mass is 425 g/mol. The van der Waals surface area contributed by atoms with Gasteiger partial charge in [-0.2, -0.15) is 5.10 Å². The van der Waals surface area contributed by atoms with E-state index in [-0.39, 0.29) is 11.6 Å². The van der Waals surface area contributed by atoms with Crippen molar-refractivity contribution in [3.8, 4) is 5.69 Å². The number of para-hydroxylation sites is 1. The highest BCUT2D eigenvalue weighted by Gasteiger charge is 2.19. The van der Waals surface area contributed by atoms with Gasteiger partial charge in [-0.3, -0.25) is 9.36 Å². The lowest BCUT2D eigenvalue weighted by molar-refractivity contribution is 0.672. The van der Waals surface area contributed by atoms with E-state index in [4.69, 9.17) is 5.73 Å². The number of nitrogen functional groups attached to an aromatic ring is 1. The van der Waals surface area contributed by atoms with Crippen LogP contribution in [0.5, 0.6) is 0 Å². The van der Waals surface area contributed by atoms with Crippen LogP contribution in [-0.4, -0.2) is 24.1 Å². The molecule has 136 valence electrons. The molecule has 3 aromatic heterocycles. The van der Waals surface area contributed by atoms with Gasteiger partial charge < -0.3 is 11.1 Å². The molecule has 0 saturated heterocycles. The number of nitrogens with one attached hydrogen (secondary N) is 1. The fourth-order valence-electron chi connectivity index (χ4n) is 2.86. The van der Waals surface area contributed by atoms with Crippen LogP contribution >= 0.6 is 15.9 Å². The number of benzene rings is 1. The third-order valence-corrected chi connectivity index (χ3v) is 4.94. The van der Waals surface area contributed by atoms with Crippen LogP contribution in [0.4, 0.5) is 11.6 Å². The topological polar surface area (TPSA) is 103 Å². The van der Waals surface area contributed by atoms with E-state index in [1.807, 2.05) is 37.3 Å². The molecule has 3 heterocycles. The molecule has 0 fully saturated rings. The number of aromatic nitrogens is 5. The predicted octanol–water partition coefficient (Wildman–Crippen LogP) is 2.79. The Hall–Kier alpha value is -3.20. The molecule has 0 aliphatic rings. The molecular weight excluding hydrogens is 410 g/mol. The first-order valence-electron chi connectivity index (χ1n) is 8.24. The Kier molecular flexibility index (Phi) is 4.36. The minimum Gasteiger partial charge on any atom is -0.383 e. The average molecular weight is 426 g/mol. The summed E-state index contributed by atoms with van der Waals surface area (Å²) < 4.78 is 3.75. The normalized spacial score (nSPS) is 12.2. The van der Waals surface area contributed by atoms with Crippen LogP contribution in [0.3, 0.4) is 0 Å². The summed E-state index contributed by atoms with van der Waals surface area (Å²) in [6.45, 7) is 1.90. The maximum atomic E-state index is 13.1. The first kappa shape index (κ1) is 17.2. The molecular formula is C18H16BrN7O. The van der Waals surface area contributed by atoms with Crippen LogP contribution in [0.1, 0.15) is 18.8 Å². The smallest absolute Gasteiger partial charge is 0.282 e. The van der Waals surface area contributed by atoms with Gasteiger partial charge in [-0.1, -0.05) is 18.2 Å². The summed E-state index contributed by atoms with van der Waals surface area (Å²) in [7, 11) is 0. The molecule has 4 rings (SSSR count). The number of fused-ring (bicyclic) bond motifs is 1. The molecule has 3 N–H and O–H groups in total. The van der Waals surface area contributed by atoms with Crippen LogP contribution in [0.2, 0.25) is 0 Å². The third kappa shape index (κ3) is 3.06. The zero-order chi connectivity index (χ0) is 19.0. The second-order valence-electron chi connectivity index (χ2n) is 5.96. The molecule has 9 heteroatoms. The molecule has 1 atom stereocenters. The van der Waals surface area contributed by atoms with Crippen LogP contribution in [0.25, 0.3) is 11.2 Å². The minimum absolute atomic E-state index is 0.147. The van der Waals surface area contributed by atoms with Gasteiger partial charge in [0.1, 0.15) is 28.0 Å². The van der Waals surface area contributed by atoms with E-state index in [0.29, 0.717) is 27.4 Å². The molecule has 0 aliphatic carbocycles. The van der Waals surface area contributed by atoms with Gasteiger partial charge in [0.15, 0.2) is 5.82 Å². The Balaban J connectivity index is 1.87. The van der Waals surface area contributed by atoms with Crippen molar-refractivity contribution >= 4 is 33.1 Å². The van der Waals surface area contributed by atoms with Crippen LogP contribution in [0, 0.1) is 0 Å². The van der Waals surface area contributed by atoms with Crippen molar-refractivity contribution in [1.82, 2.24) is 24.1 Å². The lowest BCUT2D eigenvalue weighted by Gasteiger charge is -2.20. The number of hydrogen-bond donors (Lipinski definition) is 2. The van der Waals surface area contributed by atoms with E-state index < -0.39 is 0 Å². The standard InChI is InChI=1S/C18H16BrN7O/c1-11(23-16-14(19)15(20)21-10-22-16)17-24-25-9-5-8-13(25)18(27)26(17)12-6-3-2-4-7-12/h2-11H,1H3,(H3,20,21,22,23)/t11-/m0/s1. The molecule has 27 heavy (non-hydrogen) atoms. The number of hydrogen-bond acceptors (Lipinski definition) is 6. The second kappa shape index (κ2) is 6.84. The lowest BCUT2D eigenvalue weighted by atomic mass is 10.2. The number of nitrogens with two attached hydrogens (primary N) is 1. The molecule has 0 amide bonds. The summed E-state index contributed by atoms with van der Waals surface area (Å²) in [5.74, 6) is 1.39. The molecule has 0 radical (unpaired) electrons. The summed E-state index contributed by atoms with van der Waals surface area (Å²) in [6.07, 6.45) is 3.13. The van der Waals surface area contributed by atoms with Gasteiger partial charge in [0.2, 0.25) is 0 Å². The number of rotatable bonds is 4. The van der Waals surface area contributed by atoms with Crippen molar-refractivity contribution in [1.29, 1.82) is 0 Å². The molecule has 8 nitrogen and oxygen atoms in total. The predicted molar refractivity (Wildman–Crippen MR) is 107 cm³/mol. The molecule has 0 bridgehead atoms. The molecule has 0 unspecified atom stereocenters. The first-order valence-corrected chi connectivity index (χ1v) is 9.04.